The maximum absolute atomic E-state index is 12.6. The third kappa shape index (κ3) is 2.70. The molecule has 5 nitrogen and oxygen atoms in total. The molecule has 1 heterocycles. The number of nitrogens with zero attached hydrogens (tertiary/aromatic N) is 1. The highest BCUT2D eigenvalue weighted by molar-refractivity contribution is 7.80. The zero-order valence-electron chi connectivity index (χ0n) is 11.6. The summed E-state index contributed by atoms with van der Waals surface area (Å²) in [5.74, 6) is 1.02. The summed E-state index contributed by atoms with van der Waals surface area (Å²) in [7, 11) is 3.10. The number of carbonyl (C=O) groups excluding carboxylic acids is 1. The first-order valence-corrected chi connectivity index (χ1v) is 6.81. The Bertz CT molecular complexity index is 533. The van der Waals surface area contributed by atoms with Crippen LogP contribution in [0.25, 0.3) is 0 Å². The number of thiocarbonyl (C=S) groups is 1. The predicted octanol–water partition coefficient (Wildman–Crippen LogP) is 1.59. The summed E-state index contributed by atoms with van der Waals surface area (Å²) in [4.78, 5) is 14.7. The molecule has 20 heavy (non-hydrogen) atoms. The number of rotatable bonds is 4. The van der Waals surface area contributed by atoms with Crippen molar-refractivity contribution in [3.63, 3.8) is 0 Å². The van der Waals surface area contributed by atoms with Gasteiger partial charge in [0.1, 0.15) is 11.5 Å². The van der Waals surface area contributed by atoms with Crippen molar-refractivity contribution in [2.24, 2.45) is 5.73 Å². The van der Waals surface area contributed by atoms with Gasteiger partial charge < -0.3 is 20.1 Å². The van der Waals surface area contributed by atoms with Crippen LogP contribution in [0.5, 0.6) is 11.5 Å². The summed E-state index contributed by atoms with van der Waals surface area (Å²) in [6.07, 6.45) is 1.73. The van der Waals surface area contributed by atoms with Crippen molar-refractivity contribution in [2.45, 2.75) is 18.9 Å². The van der Waals surface area contributed by atoms with Crippen LogP contribution in [0.1, 0.15) is 23.2 Å². The van der Waals surface area contributed by atoms with E-state index in [-0.39, 0.29) is 11.9 Å². The third-order valence-electron chi connectivity index (χ3n) is 3.48. The van der Waals surface area contributed by atoms with Crippen molar-refractivity contribution < 1.29 is 14.3 Å². The highest BCUT2D eigenvalue weighted by Crippen LogP contribution is 2.28. The second kappa shape index (κ2) is 6.09. The average molecular weight is 294 g/mol. The predicted molar refractivity (Wildman–Crippen MR) is 80.4 cm³/mol. The minimum absolute atomic E-state index is 0.111. The Labute approximate surface area is 123 Å². The Morgan fingerprint density at radius 3 is 2.75 bits per heavy atom. The van der Waals surface area contributed by atoms with E-state index in [2.05, 4.69) is 0 Å². The molecule has 0 spiro atoms. The first-order chi connectivity index (χ1) is 9.58. The first-order valence-electron chi connectivity index (χ1n) is 6.40. The molecule has 1 atom stereocenters. The number of ether oxygens (including phenoxy) is 2. The molecule has 6 heteroatoms. The summed E-state index contributed by atoms with van der Waals surface area (Å²) in [6, 6.07) is 4.97. The molecule has 0 bridgehead atoms. The molecule has 1 unspecified atom stereocenters. The number of carbonyl (C=O) groups is 1. The lowest BCUT2D eigenvalue weighted by atomic mass is 10.1. The van der Waals surface area contributed by atoms with Crippen molar-refractivity contribution in [1.82, 2.24) is 4.90 Å². The van der Waals surface area contributed by atoms with Crippen molar-refractivity contribution in [3.05, 3.63) is 23.8 Å². The fraction of sp³-hybridized carbons (Fsp3) is 0.429. The van der Waals surface area contributed by atoms with E-state index >= 15 is 0 Å². The van der Waals surface area contributed by atoms with Gasteiger partial charge in [-0.15, -0.1) is 0 Å². The summed E-state index contributed by atoms with van der Waals surface area (Å²) in [5, 5.41) is 0. The lowest BCUT2D eigenvalue weighted by Gasteiger charge is -2.24. The van der Waals surface area contributed by atoms with Gasteiger partial charge in [0, 0.05) is 12.6 Å². The molecule has 1 aromatic carbocycles. The van der Waals surface area contributed by atoms with E-state index in [9.17, 15) is 4.79 Å². The molecule has 108 valence electrons. The molecule has 2 rings (SSSR count). The number of hydrogen-bond donors (Lipinski definition) is 1. The van der Waals surface area contributed by atoms with E-state index in [1.807, 2.05) is 0 Å². The van der Waals surface area contributed by atoms with E-state index in [1.54, 1.807) is 30.2 Å². The van der Waals surface area contributed by atoms with Gasteiger partial charge in [-0.2, -0.15) is 0 Å². The SMILES string of the molecule is COc1ccc(C(=O)N2CCCC2C(N)=S)c(OC)c1. The molecule has 1 aromatic rings. The van der Waals surface area contributed by atoms with E-state index in [1.165, 1.54) is 7.11 Å². The molecular weight excluding hydrogens is 276 g/mol. The molecule has 1 aliphatic heterocycles. The number of methoxy groups -OCH3 is 2. The summed E-state index contributed by atoms with van der Waals surface area (Å²) in [6.45, 7) is 0.663. The Hall–Kier alpha value is -1.82. The van der Waals surface area contributed by atoms with Gasteiger partial charge in [0.2, 0.25) is 0 Å². The fourth-order valence-electron chi connectivity index (χ4n) is 2.44. The summed E-state index contributed by atoms with van der Waals surface area (Å²) in [5.41, 5.74) is 6.20. The van der Waals surface area contributed by atoms with Gasteiger partial charge in [0.15, 0.2) is 0 Å². The Kier molecular flexibility index (Phi) is 4.44. The van der Waals surface area contributed by atoms with Crippen LogP contribution in [-0.4, -0.2) is 42.6 Å². The quantitative estimate of drug-likeness (QED) is 0.854. The van der Waals surface area contributed by atoms with Gasteiger partial charge in [-0.05, 0) is 25.0 Å². The van der Waals surface area contributed by atoms with Crippen LogP contribution in [0.3, 0.4) is 0 Å². The van der Waals surface area contributed by atoms with Crippen LogP contribution < -0.4 is 15.2 Å². The molecule has 0 aromatic heterocycles. The Morgan fingerprint density at radius 1 is 1.40 bits per heavy atom. The average Bonchev–Trinajstić information content (AvgIpc) is 2.95. The molecule has 2 N–H and O–H groups in total. The second-order valence-electron chi connectivity index (χ2n) is 4.63. The van der Waals surface area contributed by atoms with E-state index in [0.717, 1.165) is 12.8 Å². The molecular formula is C14H18N2O3S. The largest absolute Gasteiger partial charge is 0.497 e. The number of amides is 1. The van der Waals surface area contributed by atoms with E-state index < -0.39 is 0 Å². The monoisotopic (exact) mass is 294 g/mol. The van der Waals surface area contributed by atoms with Gasteiger partial charge in [0.25, 0.3) is 5.91 Å². The Morgan fingerprint density at radius 2 is 2.15 bits per heavy atom. The smallest absolute Gasteiger partial charge is 0.258 e. The zero-order chi connectivity index (χ0) is 14.7. The third-order valence-corrected chi connectivity index (χ3v) is 3.75. The van der Waals surface area contributed by atoms with Crippen LogP contribution >= 0.6 is 12.2 Å². The maximum atomic E-state index is 12.6. The van der Waals surface area contributed by atoms with Crippen molar-refractivity contribution in [3.8, 4) is 11.5 Å². The van der Waals surface area contributed by atoms with Crippen LogP contribution in [0.4, 0.5) is 0 Å². The molecule has 1 amide bonds. The fourth-order valence-corrected chi connectivity index (χ4v) is 2.68. The topological polar surface area (TPSA) is 64.8 Å². The molecule has 1 aliphatic rings. The van der Waals surface area contributed by atoms with Crippen molar-refractivity contribution >= 4 is 23.1 Å². The van der Waals surface area contributed by atoms with Crippen LogP contribution in [0.15, 0.2) is 18.2 Å². The number of benzene rings is 1. The Balaban J connectivity index is 2.31. The van der Waals surface area contributed by atoms with Gasteiger partial charge >= 0.3 is 0 Å². The zero-order valence-corrected chi connectivity index (χ0v) is 12.4. The van der Waals surface area contributed by atoms with E-state index in [4.69, 9.17) is 27.4 Å². The van der Waals surface area contributed by atoms with Gasteiger partial charge in [-0.1, -0.05) is 12.2 Å². The van der Waals surface area contributed by atoms with E-state index in [0.29, 0.717) is 28.6 Å². The van der Waals surface area contributed by atoms with Crippen LogP contribution in [0.2, 0.25) is 0 Å². The molecule has 1 saturated heterocycles. The lowest BCUT2D eigenvalue weighted by Crippen LogP contribution is -2.42. The number of nitrogens with two attached hydrogens (primary N) is 1. The van der Waals surface area contributed by atoms with Gasteiger partial charge in [-0.3, -0.25) is 4.79 Å². The minimum atomic E-state index is -0.163. The molecule has 0 aliphatic carbocycles. The lowest BCUT2D eigenvalue weighted by molar-refractivity contribution is 0.0767. The summed E-state index contributed by atoms with van der Waals surface area (Å²) < 4.78 is 10.4. The van der Waals surface area contributed by atoms with Crippen LogP contribution in [0, 0.1) is 0 Å². The van der Waals surface area contributed by atoms with Crippen LogP contribution in [-0.2, 0) is 0 Å². The van der Waals surface area contributed by atoms with Gasteiger partial charge in [0.05, 0.1) is 30.8 Å². The highest BCUT2D eigenvalue weighted by Gasteiger charge is 2.32. The standard InChI is InChI=1S/C14H18N2O3S/c1-18-9-5-6-10(12(8-9)19-2)14(17)16-7-3-4-11(16)13(15)20/h5-6,8,11H,3-4,7H2,1-2H3,(H2,15,20). The first kappa shape index (κ1) is 14.6. The molecule has 0 saturated carbocycles. The molecule has 0 radical (unpaired) electrons. The van der Waals surface area contributed by atoms with Crippen molar-refractivity contribution in [2.75, 3.05) is 20.8 Å². The molecule has 1 fully saturated rings. The number of likely N-dealkylation sites (tertiary alicyclic amines) is 1. The second-order valence-corrected chi connectivity index (χ2v) is 5.10. The van der Waals surface area contributed by atoms with Gasteiger partial charge in [-0.25, -0.2) is 0 Å². The normalized spacial score (nSPS) is 17.9. The summed E-state index contributed by atoms with van der Waals surface area (Å²) >= 11 is 5.03. The number of hydrogen-bond acceptors (Lipinski definition) is 4. The highest BCUT2D eigenvalue weighted by atomic mass is 32.1. The minimum Gasteiger partial charge on any atom is -0.497 e. The maximum Gasteiger partial charge on any atom is 0.258 e. The van der Waals surface area contributed by atoms with Crippen molar-refractivity contribution in [1.29, 1.82) is 0 Å².